The molecule has 104 valence electrons. The molecule has 0 fully saturated rings. The Bertz CT molecular complexity index is 666. The SMILES string of the molecule is CCn1nc(C(=O)O)cc1C(=O)Oc1ccccc1Cl. The zero-order chi connectivity index (χ0) is 14.7. The van der Waals surface area contributed by atoms with Crippen LogP contribution in [-0.4, -0.2) is 26.8 Å². The van der Waals surface area contributed by atoms with E-state index in [1.54, 1.807) is 31.2 Å². The Hall–Kier alpha value is -2.34. The molecule has 0 saturated heterocycles. The van der Waals surface area contributed by atoms with Crippen LogP contribution in [0.4, 0.5) is 0 Å². The molecule has 1 aromatic heterocycles. The van der Waals surface area contributed by atoms with Crippen LogP contribution in [-0.2, 0) is 6.54 Å². The van der Waals surface area contributed by atoms with Crippen molar-refractivity contribution >= 4 is 23.5 Å². The van der Waals surface area contributed by atoms with Crippen LogP contribution in [0.5, 0.6) is 5.75 Å². The summed E-state index contributed by atoms with van der Waals surface area (Å²) in [5, 5.41) is 13.0. The lowest BCUT2D eigenvalue weighted by molar-refractivity contribution is 0.0687. The standard InChI is InChI=1S/C13H11ClN2O4/c1-2-16-10(7-9(15-16)12(17)18)13(19)20-11-6-4-3-5-8(11)14/h3-7H,2H2,1H3,(H,17,18). The predicted molar refractivity (Wildman–Crippen MR) is 71.3 cm³/mol. The molecule has 0 saturated carbocycles. The number of nitrogens with zero attached hydrogens (tertiary/aromatic N) is 2. The first-order valence-electron chi connectivity index (χ1n) is 5.80. The number of aromatic carboxylic acids is 1. The second kappa shape index (κ2) is 5.75. The van der Waals surface area contributed by atoms with Gasteiger partial charge >= 0.3 is 11.9 Å². The monoisotopic (exact) mass is 294 g/mol. The van der Waals surface area contributed by atoms with Crippen LogP contribution in [0.15, 0.2) is 30.3 Å². The highest BCUT2D eigenvalue weighted by Crippen LogP contribution is 2.24. The number of carbonyl (C=O) groups is 2. The van der Waals surface area contributed by atoms with Gasteiger partial charge in [-0.15, -0.1) is 0 Å². The molecule has 1 N–H and O–H groups in total. The summed E-state index contributed by atoms with van der Waals surface area (Å²) in [6.45, 7) is 2.09. The summed E-state index contributed by atoms with van der Waals surface area (Å²) in [5.74, 6) is -1.70. The van der Waals surface area contributed by atoms with Gasteiger partial charge in [-0.25, -0.2) is 9.59 Å². The minimum atomic E-state index is -1.20. The van der Waals surface area contributed by atoms with Crippen LogP contribution in [0.2, 0.25) is 5.02 Å². The number of para-hydroxylation sites is 1. The minimum Gasteiger partial charge on any atom is -0.476 e. The van der Waals surface area contributed by atoms with Crippen molar-refractivity contribution in [2.24, 2.45) is 0 Å². The van der Waals surface area contributed by atoms with Crippen molar-refractivity contribution in [1.29, 1.82) is 0 Å². The molecule has 7 heteroatoms. The Morgan fingerprint density at radius 1 is 1.40 bits per heavy atom. The number of aromatic nitrogens is 2. The molecule has 20 heavy (non-hydrogen) atoms. The predicted octanol–water partition coefficient (Wildman–Crippen LogP) is 2.47. The van der Waals surface area contributed by atoms with Gasteiger partial charge in [-0.2, -0.15) is 5.10 Å². The summed E-state index contributed by atoms with van der Waals surface area (Å²) in [7, 11) is 0. The zero-order valence-corrected chi connectivity index (χ0v) is 11.3. The Labute approximate surface area is 119 Å². The first-order valence-corrected chi connectivity index (χ1v) is 6.18. The van der Waals surface area contributed by atoms with Gasteiger partial charge in [-0.3, -0.25) is 4.68 Å². The van der Waals surface area contributed by atoms with E-state index in [2.05, 4.69) is 5.10 Å². The number of carboxylic acid groups (broad SMARTS) is 1. The Balaban J connectivity index is 2.29. The number of benzene rings is 1. The molecule has 2 rings (SSSR count). The van der Waals surface area contributed by atoms with Crippen LogP contribution in [0.3, 0.4) is 0 Å². The summed E-state index contributed by atoms with van der Waals surface area (Å²) >= 11 is 5.89. The third-order valence-corrected chi connectivity index (χ3v) is 2.86. The van der Waals surface area contributed by atoms with Crippen LogP contribution >= 0.6 is 11.6 Å². The van der Waals surface area contributed by atoms with Crippen molar-refractivity contribution in [2.45, 2.75) is 13.5 Å². The highest BCUT2D eigenvalue weighted by atomic mass is 35.5. The first-order chi connectivity index (χ1) is 9.52. The van der Waals surface area contributed by atoms with Crippen molar-refractivity contribution in [2.75, 3.05) is 0 Å². The van der Waals surface area contributed by atoms with Gasteiger partial charge in [0, 0.05) is 12.6 Å². The molecule has 0 amide bonds. The van der Waals surface area contributed by atoms with E-state index in [0.29, 0.717) is 11.6 Å². The summed E-state index contributed by atoms with van der Waals surface area (Å²) in [4.78, 5) is 22.9. The molecular weight excluding hydrogens is 284 g/mol. The second-order valence-corrected chi connectivity index (χ2v) is 4.26. The number of esters is 1. The number of hydrogen-bond acceptors (Lipinski definition) is 4. The summed E-state index contributed by atoms with van der Waals surface area (Å²) in [6, 6.07) is 7.69. The van der Waals surface area contributed by atoms with Crippen molar-refractivity contribution < 1.29 is 19.4 Å². The lowest BCUT2D eigenvalue weighted by Gasteiger charge is -2.06. The van der Waals surface area contributed by atoms with E-state index in [4.69, 9.17) is 21.4 Å². The van der Waals surface area contributed by atoms with E-state index < -0.39 is 11.9 Å². The number of carboxylic acids is 1. The summed E-state index contributed by atoms with van der Waals surface area (Å²) < 4.78 is 6.41. The quantitative estimate of drug-likeness (QED) is 0.692. The van der Waals surface area contributed by atoms with E-state index >= 15 is 0 Å². The van der Waals surface area contributed by atoms with Crippen molar-refractivity contribution in [3.63, 3.8) is 0 Å². The maximum Gasteiger partial charge on any atom is 0.362 e. The van der Waals surface area contributed by atoms with Gasteiger partial charge in [-0.1, -0.05) is 23.7 Å². The van der Waals surface area contributed by atoms with Gasteiger partial charge in [0.2, 0.25) is 0 Å². The third kappa shape index (κ3) is 2.80. The molecule has 0 radical (unpaired) electrons. The van der Waals surface area contributed by atoms with Gasteiger partial charge in [-0.05, 0) is 19.1 Å². The Morgan fingerprint density at radius 2 is 2.10 bits per heavy atom. The van der Waals surface area contributed by atoms with Crippen LogP contribution in [0.1, 0.15) is 27.9 Å². The highest BCUT2D eigenvalue weighted by molar-refractivity contribution is 6.32. The fourth-order valence-electron chi connectivity index (χ4n) is 1.61. The van der Waals surface area contributed by atoms with Gasteiger partial charge < -0.3 is 9.84 Å². The van der Waals surface area contributed by atoms with Gasteiger partial charge in [0.15, 0.2) is 5.69 Å². The highest BCUT2D eigenvalue weighted by Gasteiger charge is 2.20. The number of rotatable bonds is 4. The molecule has 1 aromatic carbocycles. The maximum absolute atomic E-state index is 12.0. The van der Waals surface area contributed by atoms with Crippen LogP contribution in [0, 0.1) is 0 Å². The molecule has 1 heterocycles. The van der Waals surface area contributed by atoms with Crippen LogP contribution < -0.4 is 4.74 Å². The number of carbonyl (C=O) groups excluding carboxylic acids is 1. The molecule has 0 unspecified atom stereocenters. The number of halogens is 1. The van der Waals surface area contributed by atoms with Gasteiger partial charge in [0.1, 0.15) is 11.4 Å². The second-order valence-electron chi connectivity index (χ2n) is 3.86. The van der Waals surface area contributed by atoms with E-state index in [0.717, 1.165) is 0 Å². The zero-order valence-electron chi connectivity index (χ0n) is 10.5. The van der Waals surface area contributed by atoms with Gasteiger partial charge in [0.05, 0.1) is 5.02 Å². The molecule has 0 aliphatic rings. The van der Waals surface area contributed by atoms with Crippen LogP contribution in [0.25, 0.3) is 0 Å². The largest absolute Gasteiger partial charge is 0.476 e. The fraction of sp³-hybridized carbons (Fsp3) is 0.154. The smallest absolute Gasteiger partial charge is 0.362 e. The molecule has 0 aliphatic heterocycles. The normalized spacial score (nSPS) is 10.3. The molecule has 0 bridgehead atoms. The topological polar surface area (TPSA) is 81.4 Å². The van der Waals surface area contributed by atoms with Gasteiger partial charge in [0.25, 0.3) is 0 Å². The molecule has 6 nitrogen and oxygen atoms in total. The van der Waals surface area contributed by atoms with E-state index in [1.807, 2.05) is 0 Å². The maximum atomic E-state index is 12.0. The van der Waals surface area contributed by atoms with Crippen molar-refractivity contribution in [3.8, 4) is 5.75 Å². The van der Waals surface area contributed by atoms with Crippen molar-refractivity contribution in [3.05, 3.63) is 46.7 Å². The first kappa shape index (κ1) is 14.1. The summed E-state index contributed by atoms with van der Waals surface area (Å²) in [6.07, 6.45) is 0. The van der Waals surface area contributed by atoms with E-state index in [-0.39, 0.29) is 17.1 Å². The van der Waals surface area contributed by atoms with Crippen molar-refractivity contribution in [1.82, 2.24) is 9.78 Å². The average molecular weight is 295 g/mol. The number of aryl methyl sites for hydroxylation is 1. The number of ether oxygens (including phenoxy) is 1. The Kier molecular flexibility index (Phi) is 4.05. The Morgan fingerprint density at radius 3 is 2.70 bits per heavy atom. The lowest BCUT2D eigenvalue weighted by atomic mass is 10.3. The molecule has 0 aliphatic carbocycles. The minimum absolute atomic E-state index is 0.0600. The average Bonchev–Trinajstić information content (AvgIpc) is 2.85. The van der Waals surface area contributed by atoms with E-state index in [1.165, 1.54) is 10.7 Å². The molecule has 0 atom stereocenters. The van der Waals surface area contributed by atoms with E-state index in [9.17, 15) is 9.59 Å². The molecular formula is C13H11ClN2O4. The molecule has 2 aromatic rings. The third-order valence-electron chi connectivity index (χ3n) is 2.55. The fourth-order valence-corrected chi connectivity index (χ4v) is 1.78. The summed E-state index contributed by atoms with van der Waals surface area (Å²) in [5.41, 5.74) is -0.150. The molecule has 0 spiro atoms. The number of hydrogen-bond donors (Lipinski definition) is 1. The lowest BCUT2D eigenvalue weighted by Crippen LogP contribution is -2.15.